The number of halogens is 3. The second-order valence-corrected chi connectivity index (χ2v) is 5.10. The summed E-state index contributed by atoms with van der Waals surface area (Å²) in [5, 5.41) is 8.62. The zero-order chi connectivity index (χ0) is 17.5. The van der Waals surface area contributed by atoms with Gasteiger partial charge in [-0.3, -0.25) is 0 Å². The molecule has 0 saturated carbocycles. The molecule has 0 saturated heterocycles. The Morgan fingerprint density at radius 2 is 1.71 bits per heavy atom. The van der Waals surface area contributed by atoms with Gasteiger partial charge in [0, 0.05) is 5.56 Å². The molecular weight excluding hydrogens is 311 g/mol. The highest BCUT2D eigenvalue weighted by Crippen LogP contribution is 2.15. The van der Waals surface area contributed by atoms with Crippen molar-refractivity contribution in [3.63, 3.8) is 0 Å². The average molecular weight is 325 g/mol. The van der Waals surface area contributed by atoms with E-state index in [0.29, 0.717) is 0 Å². The molecule has 4 heteroatoms. The molecule has 1 nitrogen and oxygen atoms in total. The third-order valence-electron chi connectivity index (χ3n) is 3.36. The van der Waals surface area contributed by atoms with Crippen molar-refractivity contribution in [1.29, 1.82) is 5.26 Å². The molecule has 24 heavy (non-hydrogen) atoms. The van der Waals surface area contributed by atoms with Gasteiger partial charge in [0.05, 0.1) is 5.56 Å². The number of hydrogen-bond donors (Lipinski definition) is 0. The average Bonchev–Trinajstić information content (AvgIpc) is 2.54. The van der Waals surface area contributed by atoms with E-state index in [1.54, 1.807) is 12.1 Å². The molecule has 0 atom stereocenters. The van der Waals surface area contributed by atoms with Gasteiger partial charge in [-0.25, -0.2) is 13.2 Å². The van der Waals surface area contributed by atoms with E-state index >= 15 is 0 Å². The van der Waals surface area contributed by atoms with E-state index in [0.717, 1.165) is 30.5 Å². The Hall–Kier alpha value is -2.98. The Bertz CT molecular complexity index is 857. The van der Waals surface area contributed by atoms with Gasteiger partial charge in [0.15, 0.2) is 0 Å². The number of benzene rings is 2. The lowest BCUT2D eigenvalue weighted by Gasteiger charge is -2.01. The zero-order valence-corrected chi connectivity index (χ0v) is 13.0. The van der Waals surface area contributed by atoms with Crippen molar-refractivity contribution in [1.82, 2.24) is 0 Å². The van der Waals surface area contributed by atoms with E-state index in [4.69, 9.17) is 5.26 Å². The van der Waals surface area contributed by atoms with Crippen LogP contribution in [0.5, 0.6) is 0 Å². The van der Waals surface area contributed by atoms with Crippen LogP contribution in [-0.4, -0.2) is 0 Å². The summed E-state index contributed by atoms with van der Waals surface area (Å²) < 4.78 is 41.0. The topological polar surface area (TPSA) is 23.8 Å². The lowest BCUT2D eigenvalue weighted by molar-refractivity contribution is 0.576. The van der Waals surface area contributed by atoms with Gasteiger partial charge >= 0.3 is 0 Å². The SMILES string of the molecule is CC=CCCc1ccc(C#Cc2cc(F)c(C#N)c(F)c2)c(F)c1. The molecule has 0 N–H and O–H groups in total. The van der Waals surface area contributed by atoms with Gasteiger partial charge in [0.2, 0.25) is 0 Å². The lowest BCUT2D eigenvalue weighted by atomic mass is 10.1. The normalized spacial score (nSPS) is 10.3. The predicted molar refractivity (Wildman–Crippen MR) is 86.6 cm³/mol. The third kappa shape index (κ3) is 4.27. The molecule has 0 spiro atoms. The van der Waals surface area contributed by atoms with Crippen molar-refractivity contribution < 1.29 is 13.2 Å². The fraction of sp³-hybridized carbons (Fsp3) is 0.150. The van der Waals surface area contributed by atoms with Crippen molar-refractivity contribution in [3.05, 3.63) is 82.2 Å². The van der Waals surface area contributed by atoms with Crippen LogP contribution in [0.15, 0.2) is 42.5 Å². The Labute approximate surface area is 139 Å². The summed E-state index contributed by atoms with van der Waals surface area (Å²) in [5.74, 6) is 2.63. The van der Waals surface area contributed by atoms with Crippen LogP contribution >= 0.6 is 0 Å². The molecule has 0 radical (unpaired) electrons. The van der Waals surface area contributed by atoms with E-state index in [-0.39, 0.29) is 11.1 Å². The highest BCUT2D eigenvalue weighted by molar-refractivity contribution is 5.47. The van der Waals surface area contributed by atoms with E-state index in [1.807, 2.05) is 19.1 Å². The van der Waals surface area contributed by atoms with Crippen LogP contribution in [0, 0.1) is 40.6 Å². The predicted octanol–water partition coefficient (Wildman–Crippen LogP) is 4.88. The number of nitrogens with zero attached hydrogens (tertiary/aromatic N) is 1. The summed E-state index contributed by atoms with van der Waals surface area (Å²) in [6.45, 7) is 1.92. The maximum atomic E-state index is 14.0. The number of rotatable bonds is 3. The minimum Gasteiger partial charge on any atom is -0.206 e. The molecule has 120 valence electrons. The highest BCUT2D eigenvalue weighted by Gasteiger charge is 2.09. The Balaban J connectivity index is 2.24. The van der Waals surface area contributed by atoms with Gasteiger partial charge < -0.3 is 0 Å². The van der Waals surface area contributed by atoms with Crippen LogP contribution in [0.2, 0.25) is 0 Å². The van der Waals surface area contributed by atoms with Crippen molar-refractivity contribution in [2.75, 3.05) is 0 Å². The molecular formula is C20H14F3N. The van der Waals surface area contributed by atoms with Crippen molar-refractivity contribution in [3.8, 4) is 17.9 Å². The van der Waals surface area contributed by atoms with Crippen LogP contribution < -0.4 is 0 Å². The molecule has 2 rings (SSSR count). The summed E-state index contributed by atoms with van der Waals surface area (Å²) in [5.41, 5.74) is 0.388. The molecule has 0 aliphatic heterocycles. The molecule has 0 fully saturated rings. The van der Waals surface area contributed by atoms with Crippen LogP contribution in [0.25, 0.3) is 0 Å². The minimum atomic E-state index is -0.985. The molecule has 0 amide bonds. The maximum Gasteiger partial charge on any atom is 0.145 e. The van der Waals surface area contributed by atoms with E-state index in [1.165, 1.54) is 12.1 Å². The maximum absolute atomic E-state index is 14.0. The first-order chi connectivity index (χ1) is 11.5. The van der Waals surface area contributed by atoms with Crippen LogP contribution in [0.1, 0.15) is 35.6 Å². The van der Waals surface area contributed by atoms with Gasteiger partial charge in [-0.05, 0) is 49.6 Å². The summed E-state index contributed by atoms with van der Waals surface area (Å²) in [6.07, 6.45) is 5.48. The number of allylic oxidation sites excluding steroid dienone is 2. The standard InChI is InChI=1S/C20H14F3N/c1-2-3-4-5-14-6-8-16(18(21)10-14)9-7-15-11-19(22)17(13-24)20(23)12-15/h2-3,6,8,10-12H,4-5H2,1H3. The van der Waals surface area contributed by atoms with E-state index in [2.05, 4.69) is 11.8 Å². The van der Waals surface area contributed by atoms with E-state index in [9.17, 15) is 13.2 Å². The van der Waals surface area contributed by atoms with Gasteiger partial charge in [0.25, 0.3) is 0 Å². The summed E-state index contributed by atoms with van der Waals surface area (Å²) in [7, 11) is 0. The Morgan fingerprint density at radius 1 is 1.00 bits per heavy atom. The third-order valence-corrected chi connectivity index (χ3v) is 3.36. The van der Waals surface area contributed by atoms with Gasteiger partial charge in [-0.1, -0.05) is 30.1 Å². The number of hydrogen-bond acceptors (Lipinski definition) is 1. The zero-order valence-electron chi connectivity index (χ0n) is 13.0. The van der Waals surface area contributed by atoms with Crippen molar-refractivity contribution >= 4 is 0 Å². The van der Waals surface area contributed by atoms with Crippen molar-refractivity contribution in [2.24, 2.45) is 0 Å². The number of aryl methyl sites for hydroxylation is 1. The fourth-order valence-corrected chi connectivity index (χ4v) is 2.12. The summed E-state index contributed by atoms with van der Waals surface area (Å²) in [6, 6.07) is 8.08. The minimum absolute atomic E-state index is 0.0422. The highest BCUT2D eigenvalue weighted by atomic mass is 19.1. The molecule has 0 aliphatic carbocycles. The van der Waals surface area contributed by atoms with Gasteiger partial charge in [-0.2, -0.15) is 5.26 Å². The van der Waals surface area contributed by atoms with Crippen LogP contribution in [0.3, 0.4) is 0 Å². The molecule has 0 unspecified atom stereocenters. The van der Waals surface area contributed by atoms with Gasteiger partial charge in [-0.15, -0.1) is 0 Å². The Kier molecular flexibility index (Phi) is 5.82. The second kappa shape index (κ2) is 8.04. The quantitative estimate of drug-likeness (QED) is 0.582. The molecule has 0 heterocycles. The lowest BCUT2D eigenvalue weighted by Crippen LogP contribution is -1.92. The van der Waals surface area contributed by atoms with Crippen LogP contribution in [-0.2, 0) is 6.42 Å². The number of nitriles is 1. The van der Waals surface area contributed by atoms with Gasteiger partial charge in [0.1, 0.15) is 29.1 Å². The molecule has 0 bridgehead atoms. The van der Waals surface area contributed by atoms with E-state index < -0.39 is 23.0 Å². The largest absolute Gasteiger partial charge is 0.206 e. The smallest absolute Gasteiger partial charge is 0.145 e. The monoisotopic (exact) mass is 325 g/mol. The van der Waals surface area contributed by atoms with Crippen LogP contribution in [0.4, 0.5) is 13.2 Å². The molecule has 0 aliphatic rings. The molecule has 2 aromatic carbocycles. The first-order valence-corrected chi connectivity index (χ1v) is 7.36. The van der Waals surface area contributed by atoms with Crippen molar-refractivity contribution in [2.45, 2.75) is 19.8 Å². The molecule has 0 aromatic heterocycles. The second-order valence-electron chi connectivity index (χ2n) is 5.10. The fourth-order valence-electron chi connectivity index (χ4n) is 2.12. The molecule has 2 aromatic rings. The summed E-state index contributed by atoms with van der Waals surface area (Å²) >= 11 is 0. The first kappa shape index (κ1) is 17.4. The Morgan fingerprint density at radius 3 is 2.29 bits per heavy atom. The summed E-state index contributed by atoms with van der Waals surface area (Å²) in [4.78, 5) is 0. The first-order valence-electron chi connectivity index (χ1n) is 7.36.